The molecule has 3 rings (SSSR count). The van der Waals surface area contributed by atoms with Crippen molar-refractivity contribution >= 4 is 29.6 Å². The first-order chi connectivity index (χ1) is 9.25. The van der Waals surface area contributed by atoms with Gasteiger partial charge in [0.05, 0.1) is 10.2 Å². The molecule has 5 heteroatoms. The lowest BCUT2D eigenvalue weighted by atomic mass is 10.1. The maximum absolute atomic E-state index is 11.7. The normalized spacial score (nSPS) is 13.4. The van der Waals surface area contributed by atoms with Gasteiger partial charge in [0.1, 0.15) is 0 Å². The predicted octanol–water partition coefficient (Wildman–Crippen LogP) is 4.12. The monoisotopic (exact) mass is 288 g/mol. The molecule has 2 atom stereocenters. The van der Waals surface area contributed by atoms with Crippen molar-refractivity contribution in [2.24, 2.45) is 0 Å². The minimum absolute atomic E-state index is 0.548. The molecule has 0 bridgehead atoms. The summed E-state index contributed by atoms with van der Waals surface area (Å²) in [4.78, 5) is 14.1. The van der Waals surface area contributed by atoms with E-state index in [4.69, 9.17) is 0 Å². The summed E-state index contributed by atoms with van der Waals surface area (Å²) in [7, 11) is -2.36. The fourth-order valence-corrected chi connectivity index (χ4v) is 4.09. The van der Waals surface area contributed by atoms with Crippen LogP contribution in [-0.2, 0) is 4.57 Å². The fraction of sp³-hybridized carbons (Fsp3) is 0.0714. The standard InChI is InChI=1S/C14H10NO2PS/c16-18(17)13(10-6-2-1-3-7-10)14-15-11-8-4-5-9-12(11)19-14/h1-9,13H/p+1. The van der Waals surface area contributed by atoms with Crippen molar-refractivity contribution in [3.8, 4) is 0 Å². The molecule has 3 aromatic rings. The smallest absolute Gasteiger partial charge is 0.236 e. The largest absolute Gasteiger partial charge is 0.521 e. The van der Waals surface area contributed by atoms with Gasteiger partial charge in [-0.2, -0.15) is 4.89 Å². The molecule has 1 N–H and O–H groups in total. The molecule has 2 unspecified atom stereocenters. The number of hydrogen-bond donors (Lipinski definition) is 1. The van der Waals surface area contributed by atoms with Crippen LogP contribution in [0.1, 0.15) is 16.2 Å². The van der Waals surface area contributed by atoms with Crippen molar-refractivity contribution < 1.29 is 9.46 Å². The zero-order valence-electron chi connectivity index (χ0n) is 9.93. The lowest BCUT2D eigenvalue weighted by molar-refractivity contribution is 0.496. The third kappa shape index (κ3) is 2.43. The summed E-state index contributed by atoms with van der Waals surface area (Å²) < 4.78 is 12.7. The second-order valence-corrected chi connectivity index (χ2v) is 6.32. The molecule has 1 aromatic heterocycles. The van der Waals surface area contributed by atoms with E-state index in [9.17, 15) is 9.46 Å². The molecular weight excluding hydrogens is 277 g/mol. The highest BCUT2D eigenvalue weighted by Crippen LogP contribution is 2.45. The topological polar surface area (TPSA) is 50.2 Å². The summed E-state index contributed by atoms with van der Waals surface area (Å²) in [6, 6.07) is 17.1. The summed E-state index contributed by atoms with van der Waals surface area (Å²) in [5, 5.41) is 0.691. The molecule has 94 valence electrons. The third-order valence-corrected chi connectivity index (χ3v) is 5.14. The Bertz CT molecular complexity index is 693. The lowest BCUT2D eigenvalue weighted by Crippen LogP contribution is -1.95. The van der Waals surface area contributed by atoms with Gasteiger partial charge >= 0.3 is 8.03 Å². The van der Waals surface area contributed by atoms with Gasteiger partial charge in [-0.15, -0.1) is 11.3 Å². The van der Waals surface area contributed by atoms with Gasteiger partial charge in [-0.3, -0.25) is 0 Å². The molecule has 19 heavy (non-hydrogen) atoms. The lowest BCUT2D eigenvalue weighted by Gasteiger charge is -2.00. The van der Waals surface area contributed by atoms with E-state index >= 15 is 0 Å². The molecule has 0 aliphatic heterocycles. The summed E-state index contributed by atoms with van der Waals surface area (Å²) >= 11 is 1.47. The van der Waals surface area contributed by atoms with E-state index in [2.05, 4.69) is 4.98 Å². The molecule has 0 radical (unpaired) electrons. The Kier molecular flexibility index (Phi) is 3.38. The number of fused-ring (bicyclic) bond motifs is 1. The van der Waals surface area contributed by atoms with Crippen molar-refractivity contribution in [1.29, 1.82) is 0 Å². The van der Waals surface area contributed by atoms with Crippen LogP contribution in [0, 0.1) is 0 Å². The van der Waals surface area contributed by atoms with Crippen molar-refractivity contribution in [2.45, 2.75) is 5.66 Å². The van der Waals surface area contributed by atoms with Crippen molar-refractivity contribution in [3.05, 3.63) is 65.2 Å². The van der Waals surface area contributed by atoms with Gasteiger partial charge < -0.3 is 0 Å². The highest BCUT2D eigenvalue weighted by molar-refractivity contribution is 7.39. The number of hydrogen-bond acceptors (Lipinski definition) is 3. The Labute approximate surface area is 115 Å². The van der Waals surface area contributed by atoms with Gasteiger partial charge in [0.25, 0.3) is 5.66 Å². The molecule has 0 fully saturated rings. The second kappa shape index (κ2) is 5.17. The molecule has 0 aliphatic rings. The number of nitrogens with zero attached hydrogens (tertiary/aromatic N) is 1. The Morgan fingerprint density at radius 2 is 1.74 bits per heavy atom. The summed E-state index contributed by atoms with van der Waals surface area (Å²) in [5.41, 5.74) is 1.15. The Balaban J connectivity index is 2.12. The molecule has 3 nitrogen and oxygen atoms in total. The highest BCUT2D eigenvalue weighted by Gasteiger charge is 2.35. The van der Waals surface area contributed by atoms with Crippen LogP contribution in [0.5, 0.6) is 0 Å². The third-order valence-electron chi connectivity index (χ3n) is 2.88. The van der Waals surface area contributed by atoms with E-state index in [1.54, 1.807) is 0 Å². The van der Waals surface area contributed by atoms with Crippen LogP contribution in [0.3, 0.4) is 0 Å². The zero-order chi connectivity index (χ0) is 13.2. The average molecular weight is 288 g/mol. The van der Waals surface area contributed by atoms with E-state index < -0.39 is 13.7 Å². The Morgan fingerprint density at radius 3 is 2.42 bits per heavy atom. The van der Waals surface area contributed by atoms with Gasteiger partial charge in [-0.1, -0.05) is 42.5 Å². The van der Waals surface area contributed by atoms with Crippen LogP contribution >= 0.6 is 19.4 Å². The molecule has 1 heterocycles. The van der Waals surface area contributed by atoms with Crippen LogP contribution in [0.25, 0.3) is 10.2 Å². The number of benzene rings is 2. The van der Waals surface area contributed by atoms with E-state index in [-0.39, 0.29) is 0 Å². The summed E-state index contributed by atoms with van der Waals surface area (Å²) in [6.07, 6.45) is 0. The zero-order valence-corrected chi connectivity index (χ0v) is 11.6. The molecule has 0 saturated carbocycles. The first-order valence-corrected chi connectivity index (χ1v) is 7.91. The predicted molar refractivity (Wildman–Crippen MR) is 77.7 cm³/mol. The maximum atomic E-state index is 11.7. The quantitative estimate of drug-likeness (QED) is 0.737. The Hall–Kier alpha value is -1.61. The molecule has 2 aromatic carbocycles. The van der Waals surface area contributed by atoms with Gasteiger partial charge in [-0.05, 0) is 16.7 Å². The van der Waals surface area contributed by atoms with E-state index in [1.807, 2.05) is 54.6 Å². The van der Waals surface area contributed by atoms with Crippen LogP contribution in [-0.4, -0.2) is 9.88 Å². The van der Waals surface area contributed by atoms with Crippen molar-refractivity contribution in [1.82, 2.24) is 4.98 Å². The highest BCUT2D eigenvalue weighted by atomic mass is 32.1. The summed E-state index contributed by atoms with van der Waals surface area (Å²) in [6.45, 7) is 0. The van der Waals surface area contributed by atoms with Crippen LogP contribution in [0.2, 0.25) is 0 Å². The SMILES string of the molecule is O=[P+](O)C(c1ccccc1)c1nc2ccccc2s1. The maximum Gasteiger partial charge on any atom is 0.521 e. The molecule has 0 amide bonds. The number of para-hydroxylation sites is 1. The van der Waals surface area contributed by atoms with Gasteiger partial charge in [0.15, 0.2) is 5.01 Å². The van der Waals surface area contributed by atoms with Crippen molar-refractivity contribution in [2.75, 3.05) is 0 Å². The van der Waals surface area contributed by atoms with E-state index in [0.717, 1.165) is 15.8 Å². The van der Waals surface area contributed by atoms with Crippen LogP contribution in [0.4, 0.5) is 0 Å². The minimum Gasteiger partial charge on any atom is -0.236 e. The average Bonchev–Trinajstić information content (AvgIpc) is 2.82. The molecule has 0 spiro atoms. The first-order valence-electron chi connectivity index (χ1n) is 5.81. The van der Waals surface area contributed by atoms with Crippen LogP contribution < -0.4 is 0 Å². The number of aromatic nitrogens is 1. The van der Waals surface area contributed by atoms with E-state index in [1.165, 1.54) is 11.3 Å². The van der Waals surface area contributed by atoms with Crippen LogP contribution in [0.15, 0.2) is 54.6 Å². The fourth-order valence-electron chi connectivity index (χ4n) is 2.01. The second-order valence-electron chi connectivity index (χ2n) is 4.14. The molecular formula is C14H11NO2PS+. The number of rotatable bonds is 3. The Morgan fingerprint density at radius 1 is 1.05 bits per heavy atom. The number of thiazole rings is 1. The molecule has 0 aliphatic carbocycles. The summed E-state index contributed by atoms with van der Waals surface area (Å²) in [5.74, 6) is 0. The first kappa shape index (κ1) is 12.4. The minimum atomic E-state index is -2.36. The van der Waals surface area contributed by atoms with Crippen molar-refractivity contribution in [3.63, 3.8) is 0 Å². The van der Waals surface area contributed by atoms with Gasteiger partial charge in [0, 0.05) is 5.56 Å². The molecule has 0 saturated heterocycles. The van der Waals surface area contributed by atoms with Gasteiger partial charge in [-0.25, -0.2) is 4.98 Å². The van der Waals surface area contributed by atoms with E-state index in [0.29, 0.717) is 5.01 Å². The van der Waals surface area contributed by atoms with Gasteiger partial charge in [0.2, 0.25) is 0 Å².